The van der Waals surface area contributed by atoms with Crippen molar-refractivity contribution in [3.05, 3.63) is 24.0 Å². The summed E-state index contributed by atoms with van der Waals surface area (Å²) in [4.78, 5) is 18.5. The summed E-state index contributed by atoms with van der Waals surface area (Å²) in [5.41, 5.74) is 1.14. The highest BCUT2D eigenvalue weighted by Crippen LogP contribution is 2.24. The van der Waals surface area contributed by atoms with Crippen LogP contribution in [0.2, 0.25) is 0 Å². The minimum atomic E-state index is -0.274. The van der Waals surface area contributed by atoms with Crippen molar-refractivity contribution < 1.29 is 9.53 Å². The lowest BCUT2D eigenvalue weighted by Gasteiger charge is -2.42. The molecule has 0 unspecified atom stereocenters. The van der Waals surface area contributed by atoms with Crippen LogP contribution in [0.25, 0.3) is 0 Å². The minimum Gasteiger partial charge on any atom is -0.386 e. The first-order valence-electron chi connectivity index (χ1n) is 6.08. The van der Waals surface area contributed by atoms with E-state index in [0.717, 1.165) is 5.69 Å². The van der Waals surface area contributed by atoms with Crippen LogP contribution in [0.4, 0.5) is 5.69 Å². The maximum absolute atomic E-state index is 12.6. The van der Waals surface area contributed by atoms with Crippen LogP contribution >= 0.6 is 0 Å². The highest BCUT2D eigenvalue weighted by atomic mass is 16.5. The molecule has 1 aromatic heterocycles. The van der Waals surface area contributed by atoms with Gasteiger partial charge in [0.25, 0.3) is 5.91 Å². The van der Waals surface area contributed by atoms with Crippen LogP contribution in [0, 0.1) is 0 Å². The number of pyridine rings is 1. The van der Waals surface area contributed by atoms with Gasteiger partial charge in [-0.1, -0.05) is 0 Å². The molecule has 1 aromatic rings. The van der Waals surface area contributed by atoms with E-state index in [0.29, 0.717) is 25.3 Å². The summed E-state index contributed by atoms with van der Waals surface area (Å²) < 4.78 is 5.44. The molecule has 98 valence electrons. The number of anilines is 1. The van der Waals surface area contributed by atoms with E-state index in [1.165, 1.54) is 0 Å². The summed E-state index contributed by atoms with van der Waals surface area (Å²) in [5.74, 6) is 0.0232. The molecule has 0 spiro atoms. The molecule has 1 saturated heterocycles. The number of rotatable bonds is 2. The molecular weight excluding hydrogens is 230 g/mol. The molecule has 1 amide bonds. The molecule has 0 saturated carbocycles. The van der Waals surface area contributed by atoms with Crippen molar-refractivity contribution in [3.8, 4) is 0 Å². The van der Waals surface area contributed by atoms with Crippen LogP contribution in [0.1, 0.15) is 24.2 Å². The Balaban J connectivity index is 2.30. The van der Waals surface area contributed by atoms with E-state index < -0.39 is 0 Å². The van der Waals surface area contributed by atoms with Crippen LogP contribution in [-0.4, -0.2) is 48.1 Å². The lowest BCUT2D eigenvalue weighted by Crippen LogP contribution is -2.55. The van der Waals surface area contributed by atoms with Crippen molar-refractivity contribution in [3.63, 3.8) is 0 Å². The maximum Gasteiger partial charge on any atom is 0.256 e. The van der Waals surface area contributed by atoms with Gasteiger partial charge in [0.1, 0.15) is 0 Å². The first kappa shape index (κ1) is 12.8. The largest absolute Gasteiger partial charge is 0.386 e. The predicted molar refractivity (Wildman–Crippen MR) is 69.7 cm³/mol. The Hall–Kier alpha value is -1.62. The van der Waals surface area contributed by atoms with Gasteiger partial charge in [0.2, 0.25) is 0 Å². The molecule has 5 nitrogen and oxygen atoms in total. The molecule has 0 atom stereocenters. The zero-order chi connectivity index (χ0) is 13.2. The Labute approximate surface area is 107 Å². The minimum absolute atomic E-state index is 0.0232. The molecule has 2 heterocycles. The van der Waals surface area contributed by atoms with E-state index in [1.54, 1.807) is 25.5 Å². The lowest BCUT2D eigenvalue weighted by atomic mass is 10.0. The highest BCUT2D eigenvalue weighted by Gasteiger charge is 2.35. The Kier molecular flexibility index (Phi) is 3.52. The van der Waals surface area contributed by atoms with Crippen molar-refractivity contribution in [2.45, 2.75) is 19.4 Å². The third kappa shape index (κ3) is 2.31. The van der Waals surface area contributed by atoms with E-state index in [2.05, 4.69) is 10.3 Å². The zero-order valence-corrected chi connectivity index (χ0v) is 11.1. The Bertz CT molecular complexity index is 446. The van der Waals surface area contributed by atoms with Crippen LogP contribution in [-0.2, 0) is 4.74 Å². The smallest absolute Gasteiger partial charge is 0.256 e. The molecule has 1 fully saturated rings. The molecule has 1 N–H and O–H groups in total. The van der Waals surface area contributed by atoms with Crippen molar-refractivity contribution in [2.75, 3.05) is 32.1 Å². The van der Waals surface area contributed by atoms with Gasteiger partial charge in [0.15, 0.2) is 0 Å². The van der Waals surface area contributed by atoms with E-state index >= 15 is 0 Å². The van der Waals surface area contributed by atoms with Gasteiger partial charge in [0.05, 0.1) is 36.2 Å². The van der Waals surface area contributed by atoms with Gasteiger partial charge in [-0.2, -0.15) is 0 Å². The molecule has 5 heteroatoms. The number of amides is 1. The zero-order valence-electron chi connectivity index (χ0n) is 11.1. The molecule has 1 aliphatic rings. The molecule has 2 rings (SSSR count). The number of aromatic nitrogens is 1. The number of morpholine rings is 1. The van der Waals surface area contributed by atoms with E-state index in [1.807, 2.05) is 18.7 Å². The normalized spacial score (nSPS) is 18.5. The Morgan fingerprint density at radius 3 is 3.00 bits per heavy atom. The SMILES string of the molecule is CNc1cnccc1C(=O)N1CCOCC1(C)C. The summed E-state index contributed by atoms with van der Waals surface area (Å²) in [5, 5.41) is 3.00. The summed E-state index contributed by atoms with van der Waals surface area (Å²) in [6, 6.07) is 1.75. The topological polar surface area (TPSA) is 54.5 Å². The van der Waals surface area contributed by atoms with Gasteiger partial charge < -0.3 is 15.0 Å². The standard InChI is InChI=1S/C13H19N3O2/c1-13(2)9-18-7-6-16(13)12(17)10-4-5-15-8-11(10)14-3/h4-5,8,14H,6-7,9H2,1-3H3. The van der Waals surface area contributed by atoms with Gasteiger partial charge in [-0.25, -0.2) is 0 Å². The predicted octanol–water partition coefficient (Wildman–Crippen LogP) is 1.37. The van der Waals surface area contributed by atoms with Gasteiger partial charge >= 0.3 is 0 Å². The number of carbonyl (C=O) groups is 1. The van der Waals surface area contributed by atoms with E-state index in [4.69, 9.17) is 4.74 Å². The third-order valence-electron chi connectivity index (χ3n) is 3.21. The van der Waals surface area contributed by atoms with Crippen LogP contribution in [0.3, 0.4) is 0 Å². The van der Waals surface area contributed by atoms with Crippen molar-refractivity contribution in [1.29, 1.82) is 0 Å². The fraction of sp³-hybridized carbons (Fsp3) is 0.538. The summed E-state index contributed by atoms with van der Waals surface area (Å²) in [6.45, 7) is 5.82. The second-order valence-electron chi connectivity index (χ2n) is 4.99. The van der Waals surface area contributed by atoms with Gasteiger partial charge in [-0.3, -0.25) is 9.78 Å². The number of carbonyl (C=O) groups excluding carboxylic acids is 1. The first-order chi connectivity index (χ1) is 8.56. The average Bonchev–Trinajstić information content (AvgIpc) is 2.37. The molecule has 0 radical (unpaired) electrons. The number of nitrogens with zero attached hydrogens (tertiary/aromatic N) is 2. The monoisotopic (exact) mass is 249 g/mol. The second kappa shape index (κ2) is 4.94. The van der Waals surface area contributed by atoms with Gasteiger partial charge in [0, 0.05) is 19.8 Å². The number of hydrogen-bond acceptors (Lipinski definition) is 4. The van der Waals surface area contributed by atoms with Crippen LogP contribution < -0.4 is 5.32 Å². The van der Waals surface area contributed by atoms with Crippen molar-refractivity contribution in [1.82, 2.24) is 9.88 Å². The highest BCUT2D eigenvalue weighted by molar-refractivity contribution is 5.99. The maximum atomic E-state index is 12.6. The summed E-state index contributed by atoms with van der Waals surface area (Å²) >= 11 is 0. The van der Waals surface area contributed by atoms with Crippen molar-refractivity contribution >= 4 is 11.6 Å². The average molecular weight is 249 g/mol. The Morgan fingerprint density at radius 2 is 2.33 bits per heavy atom. The number of ether oxygens (including phenoxy) is 1. The molecular formula is C13H19N3O2. The molecule has 18 heavy (non-hydrogen) atoms. The number of hydrogen-bond donors (Lipinski definition) is 1. The van der Waals surface area contributed by atoms with Crippen molar-refractivity contribution in [2.24, 2.45) is 0 Å². The first-order valence-corrected chi connectivity index (χ1v) is 6.08. The van der Waals surface area contributed by atoms with Crippen LogP contribution in [0.5, 0.6) is 0 Å². The van der Waals surface area contributed by atoms with E-state index in [-0.39, 0.29) is 11.4 Å². The van der Waals surface area contributed by atoms with Gasteiger partial charge in [-0.05, 0) is 19.9 Å². The summed E-state index contributed by atoms with van der Waals surface area (Å²) in [6.07, 6.45) is 3.31. The third-order valence-corrected chi connectivity index (χ3v) is 3.21. The molecule has 0 bridgehead atoms. The second-order valence-corrected chi connectivity index (χ2v) is 4.99. The quantitative estimate of drug-likeness (QED) is 0.860. The molecule has 1 aliphatic heterocycles. The van der Waals surface area contributed by atoms with E-state index in [9.17, 15) is 4.79 Å². The van der Waals surface area contributed by atoms with Crippen LogP contribution in [0.15, 0.2) is 18.5 Å². The molecule has 0 aromatic carbocycles. The Morgan fingerprint density at radius 1 is 1.56 bits per heavy atom. The summed E-state index contributed by atoms with van der Waals surface area (Å²) in [7, 11) is 1.79. The fourth-order valence-corrected chi connectivity index (χ4v) is 2.16. The van der Waals surface area contributed by atoms with Gasteiger partial charge in [-0.15, -0.1) is 0 Å². The number of nitrogens with one attached hydrogen (secondary N) is 1. The molecule has 0 aliphatic carbocycles. The lowest BCUT2D eigenvalue weighted by molar-refractivity contribution is -0.0370. The fourth-order valence-electron chi connectivity index (χ4n) is 2.16.